The first-order valence-corrected chi connectivity index (χ1v) is 9.09. The lowest BCUT2D eigenvalue weighted by Crippen LogP contribution is -2.66. The van der Waals surface area contributed by atoms with Crippen LogP contribution in [0.5, 0.6) is 0 Å². The number of hydrogen-bond donors (Lipinski definition) is 2. The number of hydrogen-bond acceptors (Lipinski definition) is 7. The fraction of sp³-hybridized carbons (Fsp3) is 0.444. The van der Waals surface area contributed by atoms with Crippen molar-refractivity contribution >= 4 is 23.6 Å². The first-order valence-electron chi connectivity index (χ1n) is 9.09. The van der Waals surface area contributed by atoms with E-state index in [0.29, 0.717) is 6.54 Å². The van der Waals surface area contributed by atoms with E-state index in [1.807, 2.05) is 42.2 Å². The van der Waals surface area contributed by atoms with Crippen LogP contribution in [-0.2, 0) is 16.1 Å². The van der Waals surface area contributed by atoms with Gasteiger partial charge in [0, 0.05) is 19.3 Å². The Hall–Kier alpha value is -2.98. The van der Waals surface area contributed by atoms with Gasteiger partial charge in [0.05, 0.1) is 6.54 Å². The fourth-order valence-electron chi connectivity index (χ4n) is 4.04. The van der Waals surface area contributed by atoms with Crippen LogP contribution in [-0.4, -0.2) is 81.9 Å². The lowest BCUT2D eigenvalue weighted by molar-refractivity contribution is -0.139. The van der Waals surface area contributed by atoms with Crippen molar-refractivity contribution in [3.63, 3.8) is 0 Å². The van der Waals surface area contributed by atoms with E-state index >= 15 is 0 Å². The minimum absolute atomic E-state index is 0.0788. The lowest BCUT2D eigenvalue weighted by atomic mass is 10.1. The van der Waals surface area contributed by atoms with Crippen LogP contribution >= 0.6 is 0 Å². The molecule has 1 aromatic carbocycles. The Balaban J connectivity index is 1.63. The average Bonchev–Trinajstić information content (AvgIpc) is 3.03. The molecular formula is C18H23N7O3. The number of imide groups is 1. The highest BCUT2D eigenvalue weighted by atomic mass is 16.2. The summed E-state index contributed by atoms with van der Waals surface area (Å²) in [4.78, 5) is 42.4. The second kappa shape index (κ2) is 6.88. The first-order chi connectivity index (χ1) is 13.4. The van der Waals surface area contributed by atoms with Crippen LogP contribution in [0.15, 0.2) is 35.4 Å². The molecule has 3 unspecified atom stereocenters. The molecule has 2 saturated heterocycles. The van der Waals surface area contributed by atoms with Gasteiger partial charge in [0.1, 0.15) is 18.8 Å². The Morgan fingerprint density at radius 3 is 2.68 bits per heavy atom. The van der Waals surface area contributed by atoms with E-state index < -0.39 is 24.4 Å². The van der Waals surface area contributed by atoms with Gasteiger partial charge in [0.25, 0.3) is 5.91 Å². The van der Waals surface area contributed by atoms with Crippen LogP contribution in [0.4, 0.5) is 4.79 Å². The summed E-state index contributed by atoms with van der Waals surface area (Å²) in [5.74, 6) is -0.780. The highest BCUT2D eigenvalue weighted by molar-refractivity contribution is 6.01. The molecule has 148 valence electrons. The number of primary amides is 1. The minimum atomic E-state index is -0.572. The predicted molar refractivity (Wildman–Crippen MR) is 100 cm³/mol. The molecule has 1 aromatic rings. The Kier molecular flexibility index (Phi) is 4.52. The standard InChI is InChI=1S/C18H23N7O3/c1-11-8-23-14-15(20-17(23)25(21-11)10-13(19)26)22(2)18(28)24(16(14)27)9-12-6-4-3-5-7-12/h3-7,14-15,17,20H,8-10H2,1-2H3,(H2,19,26). The van der Waals surface area contributed by atoms with Crippen molar-refractivity contribution < 1.29 is 14.4 Å². The smallest absolute Gasteiger partial charge is 0.328 e. The van der Waals surface area contributed by atoms with Gasteiger partial charge in [-0.3, -0.25) is 24.8 Å². The van der Waals surface area contributed by atoms with Gasteiger partial charge in [-0.1, -0.05) is 30.3 Å². The number of benzene rings is 1. The van der Waals surface area contributed by atoms with Crippen molar-refractivity contribution in [1.82, 2.24) is 25.0 Å². The highest BCUT2D eigenvalue weighted by Gasteiger charge is 2.56. The number of hydrazone groups is 1. The Labute approximate surface area is 162 Å². The van der Waals surface area contributed by atoms with Crippen molar-refractivity contribution in [2.24, 2.45) is 10.8 Å². The van der Waals surface area contributed by atoms with Gasteiger partial charge in [0.2, 0.25) is 5.91 Å². The molecule has 0 bridgehead atoms. The molecule has 4 amide bonds. The van der Waals surface area contributed by atoms with Crippen molar-refractivity contribution in [3.05, 3.63) is 35.9 Å². The third-order valence-electron chi connectivity index (χ3n) is 5.25. The largest absolute Gasteiger partial charge is 0.368 e. The summed E-state index contributed by atoms with van der Waals surface area (Å²) in [5, 5.41) is 9.19. The Bertz CT molecular complexity index is 843. The molecule has 3 aliphatic rings. The number of nitrogens with two attached hydrogens (primary N) is 1. The topological polar surface area (TPSA) is 115 Å². The van der Waals surface area contributed by atoms with Gasteiger partial charge >= 0.3 is 6.03 Å². The third-order valence-corrected chi connectivity index (χ3v) is 5.25. The molecule has 3 atom stereocenters. The number of urea groups is 1. The number of rotatable bonds is 4. The normalized spacial score (nSPS) is 27.6. The molecule has 0 radical (unpaired) electrons. The summed E-state index contributed by atoms with van der Waals surface area (Å²) in [5.41, 5.74) is 6.99. The number of carbonyl (C=O) groups excluding carboxylic acids is 3. The van der Waals surface area contributed by atoms with E-state index in [0.717, 1.165) is 11.3 Å². The minimum Gasteiger partial charge on any atom is -0.368 e. The average molecular weight is 385 g/mol. The quantitative estimate of drug-likeness (QED) is 0.697. The number of nitrogens with zero attached hydrogens (tertiary/aromatic N) is 5. The molecule has 4 rings (SSSR count). The zero-order chi connectivity index (χ0) is 20.0. The lowest BCUT2D eigenvalue weighted by Gasteiger charge is -2.42. The molecule has 10 nitrogen and oxygen atoms in total. The number of nitrogens with one attached hydrogen (secondary N) is 1. The summed E-state index contributed by atoms with van der Waals surface area (Å²) in [6.45, 7) is 2.43. The zero-order valence-electron chi connectivity index (χ0n) is 15.8. The van der Waals surface area contributed by atoms with Gasteiger partial charge in [0.15, 0.2) is 6.29 Å². The molecule has 3 N–H and O–H groups in total. The van der Waals surface area contributed by atoms with Gasteiger partial charge in [-0.05, 0) is 12.5 Å². The van der Waals surface area contributed by atoms with Crippen LogP contribution in [0.2, 0.25) is 0 Å². The molecular weight excluding hydrogens is 362 g/mol. The van der Waals surface area contributed by atoms with Crippen LogP contribution in [0.3, 0.4) is 0 Å². The van der Waals surface area contributed by atoms with E-state index in [1.165, 1.54) is 14.8 Å². The number of likely N-dealkylation sites (N-methyl/N-ethyl adjacent to an activating group) is 1. The second-order valence-corrected chi connectivity index (χ2v) is 7.30. The second-order valence-electron chi connectivity index (χ2n) is 7.30. The Morgan fingerprint density at radius 1 is 1.29 bits per heavy atom. The van der Waals surface area contributed by atoms with E-state index in [2.05, 4.69) is 10.4 Å². The SMILES string of the molecule is CC1=NN(CC(N)=O)C2NC3C(C(=O)N(Cc4ccccc4)C(=O)N3C)N2C1. The van der Waals surface area contributed by atoms with Gasteiger partial charge in [-0.2, -0.15) is 5.10 Å². The van der Waals surface area contributed by atoms with E-state index in [1.54, 1.807) is 7.05 Å². The maximum absolute atomic E-state index is 13.3. The molecule has 3 heterocycles. The maximum atomic E-state index is 13.3. The molecule has 2 fully saturated rings. The molecule has 0 aliphatic carbocycles. The maximum Gasteiger partial charge on any atom is 0.328 e. The van der Waals surface area contributed by atoms with Gasteiger partial charge in [-0.25, -0.2) is 9.69 Å². The molecule has 0 saturated carbocycles. The predicted octanol–water partition coefficient (Wildman–Crippen LogP) is -0.859. The van der Waals surface area contributed by atoms with E-state index in [9.17, 15) is 14.4 Å². The van der Waals surface area contributed by atoms with Crippen LogP contribution in [0.25, 0.3) is 0 Å². The molecule has 0 spiro atoms. The van der Waals surface area contributed by atoms with Crippen molar-refractivity contribution in [2.75, 3.05) is 20.1 Å². The van der Waals surface area contributed by atoms with Gasteiger partial charge < -0.3 is 10.6 Å². The summed E-state index contributed by atoms with van der Waals surface area (Å²) in [7, 11) is 1.67. The number of fused-ring (bicyclic) bond motifs is 3. The van der Waals surface area contributed by atoms with Gasteiger partial charge in [-0.15, -0.1) is 0 Å². The summed E-state index contributed by atoms with van der Waals surface area (Å²) in [6.07, 6.45) is -0.990. The fourth-order valence-corrected chi connectivity index (χ4v) is 4.04. The van der Waals surface area contributed by atoms with Crippen molar-refractivity contribution in [2.45, 2.75) is 32.0 Å². The first kappa shape index (κ1) is 18.4. The molecule has 28 heavy (non-hydrogen) atoms. The highest BCUT2D eigenvalue weighted by Crippen LogP contribution is 2.30. The molecule has 10 heteroatoms. The zero-order valence-corrected chi connectivity index (χ0v) is 15.8. The molecule has 3 aliphatic heterocycles. The van der Waals surface area contributed by atoms with E-state index in [4.69, 9.17) is 5.73 Å². The Morgan fingerprint density at radius 2 is 2.00 bits per heavy atom. The third kappa shape index (κ3) is 3.00. The summed E-state index contributed by atoms with van der Waals surface area (Å²) >= 11 is 0. The summed E-state index contributed by atoms with van der Waals surface area (Å²) in [6, 6.07) is 8.47. The van der Waals surface area contributed by atoms with Crippen molar-refractivity contribution in [3.8, 4) is 0 Å². The van der Waals surface area contributed by atoms with E-state index in [-0.39, 0.29) is 25.0 Å². The molecule has 0 aromatic heterocycles. The number of amides is 4. The van der Waals surface area contributed by atoms with Crippen molar-refractivity contribution in [1.29, 1.82) is 0 Å². The van der Waals surface area contributed by atoms with Crippen LogP contribution in [0.1, 0.15) is 12.5 Å². The van der Waals surface area contributed by atoms with Crippen LogP contribution in [0, 0.1) is 0 Å². The van der Waals surface area contributed by atoms with Crippen LogP contribution < -0.4 is 11.1 Å². The monoisotopic (exact) mass is 385 g/mol. The number of carbonyl (C=O) groups is 3. The summed E-state index contributed by atoms with van der Waals surface area (Å²) < 4.78 is 0.